The topological polar surface area (TPSA) is 99.5 Å². The molecule has 1 aromatic carbocycles. The van der Waals surface area contributed by atoms with E-state index in [1.165, 1.54) is 18.2 Å². The minimum atomic E-state index is -1.03. The molecule has 0 heterocycles. The lowest BCUT2D eigenvalue weighted by Gasteiger charge is -2.09. The maximum atomic E-state index is 13.4. The maximum absolute atomic E-state index is 13.4. The second-order valence-corrected chi connectivity index (χ2v) is 3.91. The standard InChI is InChI=1S/C14H15FN2O4/c1-2-21-14(20)12(16)10(8-18)13(19)17-7-9-5-3-4-6-11(9)15/h3-6,8,16,18H,2,7H2,1H3,(H,17,19)/b10-8-,16-12?. The molecule has 0 aromatic heterocycles. The van der Waals surface area contributed by atoms with Crippen LogP contribution in [0, 0.1) is 11.2 Å². The SMILES string of the molecule is CCOC(=O)C(=N)/C(=C/O)C(=O)NCc1ccccc1F. The van der Waals surface area contributed by atoms with Crippen molar-refractivity contribution in [2.45, 2.75) is 13.5 Å². The summed E-state index contributed by atoms with van der Waals surface area (Å²) < 4.78 is 17.9. The zero-order chi connectivity index (χ0) is 15.8. The van der Waals surface area contributed by atoms with Gasteiger partial charge in [-0.25, -0.2) is 9.18 Å². The fourth-order valence-corrected chi connectivity index (χ4v) is 1.46. The molecule has 0 spiro atoms. The van der Waals surface area contributed by atoms with Crippen molar-refractivity contribution in [3.8, 4) is 0 Å². The molecule has 0 atom stereocenters. The Kier molecular flexibility index (Phi) is 6.06. The van der Waals surface area contributed by atoms with Crippen molar-refractivity contribution in [1.29, 1.82) is 5.41 Å². The molecule has 3 N–H and O–H groups in total. The smallest absolute Gasteiger partial charge is 0.357 e. The van der Waals surface area contributed by atoms with Crippen LogP contribution in [-0.4, -0.2) is 29.3 Å². The molecule has 0 bridgehead atoms. The molecule has 0 fully saturated rings. The van der Waals surface area contributed by atoms with Crippen LogP contribution in [0.2, 0.25) is 0 Å². The Hall–Kier alpha value is -2.70. The molecular weight excluding hydrogens is 279 g/mol. The zero-order valence-electron chi connectivity index (χ0n) is 11.4. The molecule has 21 heavy (non-hydrogen) atoms. The minimum Gasteiger partial charge on any atom is -0.515 e. The number of amides is 1. The van der Waals surface area contributed by atoms with Crippen LogP contribution >= 0.6 is 0 Å². The molecule has 1 aromatic rings. The van der Waals surface area contributed by atoms with E-state index < -0.39 is 29.0 Å². The molecular formula is C14H15FN2O4. The molecule has 1 rings (SSSR count). The van der Waals surface area contributed by atoms with Crippen LogP contribution in [0.3, 0.4) is 0 Å². The van der Waals surface area contributed by atoms with Crippen molar-refractivity contribution < 1.29 is 23.8 Å². The van der Waals surface area contributed by atoms with Crippen LogP contribution in [0.5, 0.6) is 0 Å². The average molecular weight is 294 g/mol. The van der Waals surface area contributed by atoms with Gasteiger partial charge in [0.2, 0.25) is 0 Å². The Morgan fingerprint density at radius 2 is 2.10 bits per heavy atom. The van der Waals surface area contributed by atoms with Crippen molar-refractivity contribution in [2.24, 2.45) is 0 Å². The summed E-state index contributed by atoms with van der Waals surface area (Å²) in [6.07, 6.45) is 0.343. The maximum Gasteiger partial charge on any atom is 0.357 e. The summed E-state index contributed by atoms with van der Waals surface area (Å²) in [5, 5.41) is 18.8. The van der Waals surface area contributed by atoms with E-state index in [-0.39, 0.29) is 18.7 Å². The quantitative estimate of drug-likeness (QED) is 0.320. The predicted octanol–water partition coefficient (Wildman–Crippen LogP) is 1.47. The highest BCUT2D eigenvalue weighted by Gasteiger charge is 2.22. The van der Waals surface area contributed by atoms with Crippen LogP contribution in [0.4, 0.5) is 4.39 Å². The molecule has 0 saturated heterocycles. The van der Waals surface area contributed by atoms with Gasteiger partial charge in [0.05, 0.1) is 12.9 Å². The molecule has 0 radical (unpaired) electrons. The highest BCUT2D eigenvalue weighted by molar-refractivity contribution is 6.48. The first-order valence-corrected chi connectivity index (χ1v) is 6.13. The van der Waals surface area contributed by atoms with Crippen LogP contribution < -0.4 is 5.32 Å². The highest BCUT2D eigenvalue weighted by atomic mass is 19.1. The lowest BCUT2D eigenvalue weighted by Crippen LogP contribution is -2.32. The fraction of sp³-hybridized carbons (Fsp3) is 0.214. The second-order valence-electron chi connectivity index (χ2n) is 3.91. The van der Waals surface area contributed by atoms with E-state index in [9.17, 15) is 14.0 Å². The summed E-state index contributed by atoms with van der Waals surface area (Å²) in [7, 11) is 0. The first-order chi connectivity index (χ1) is 10.0. The number of esters is 1. The molecule has 0 unspecified atom stereocenters. The molecule has 0 aliphatic heterocycles. The number of rotatable bonds is 6. The van der Waals surface area contributed by atoms with Gasteiger partial charge in [0, 0.05) is 12.1 Å². The van der Waals surface area contributed by atoms with Gasteiger partial charge in [-0.2, -0.15) is 0 Å². The molecule has 1 amide bonds. The summed E-state index contributed by atoms with van der Waals surface area (Å²) >= 11 is 0. The van der Waals surface area contributed by atoms with E-state index in [1.807, 2.05) is 0 Å². The average Bonchev–Trinajstić information content (AvgIpc) is 2.47. The van der Waals surface area contributed by atoms with Gasteiger partial charge >= 0.3 is 5.97 Å². The fourth-order valence-electron chi connectivity index (χ4n) is 1.46. The van der Waals surface area contributed by atoms with Gasteiger partial charge in [0.25, 0.3) is 5.91 Å². The Bertz CT molecular complexity index is 584. The minimum absolute atomic E-state index is 0.0385. The van der Waals surface area contributed by atoms with E-state index in [2.05, 4.69) is 10.1 Å². The molecule has 6 nitrogen and oxygen atoms in total. The number of aliphatic hydroxyl groups excluding tert-OH is 1. The summed E-state index contributed by atoms with van der Waals surface area (Å²) in [6.45, 7) is 1.45. The summed E-state index contributed by atoms with van der Waals surface area (Å²) in [5.74, 6) is -2.40. The van der Waals surface area contributed by atoms with Crippen LogP contribution in [0.25, 0.3) is 0 Å². The molecule has 0 aliphatic rings. The number of aliphatic hydroxyl groups is 1. The van der Waals surface area contributed by atoms with E-state index >= 15 is 0 Å². The Labute approximate surface area is 120 Å². The lowest BCUT2D eigenvalue weighted by molar-refractivity contribution is -0.135. The predicted molar refractivity (Wildman–Crippen MR) is 73.3 cm³/mol. The van der Waals surface area contributed by atoms with Crippen LogP contribution in [-0.2, 0) is 20.9 Å². The molecule has 7 heteroatoms. The largest absolute Gasteiger partial charge is 0.515 e. The molecule has 0 aliphatic carbocycles. The van der Waals surface area contributed by atoms with Crippen molar-refractivity contribution in [3.05, 3.63) is 47.5 Å². The lowest BCUT2D eigenvalue weighted by atomic mass is 10.1. The number of halogens is 1. The van der Waals surface area contributed by atoms with Crippen LogP contribution in [0.1, 0.15) is 12.5 Å². The van der Waals surface area contributed by atoms with Crippen molar-refractivity contribution in [3.63, 3.8) is 0 Å². The van der Waals surface area contributed by atoms with Crippen molar-refractivity contribution >= 4 is 17.6 Å². The number of hydrogen-bond donors (Lipinski definition) is 3. The van der Waals surface area contributed by atoms with E-state index in [0.29, 0.717) is 6.26 Å². The number of carbonyl (C=O) groups excluding carboxylic acids is 2. The van der Waals surface area contributed by atoms with Gasteiger partial charge in [-0.1, -0.05) is 18.2 Å². The van der Waals surface area contributed by atoms with Gasteiger partial charge in [-0.05, 0) is 13.0 Å². The van der Waals surface area contributed by atoms with Crippen LogP contribution in [0.15, 0.2) is 36.1 Å². The van der Waals surface area contributed by atoms with E-state index in [0.717, 1.165) is 0 Å². The second kappa shape index (κ2) is 7.78. The Morgan fingerprint density at radius 1 is 1.43 bits per heavy atom. The van der Waals surface area contributed by atoms with Gasteiger partial charge in [-0.15, -0.1) is 0 Å². The number of nitrogens with one attached hydrogen (secondary N) is 2. The number of carbonyl (C=O) groups is 2. The molecule has 112 valence electrons. The first-order valence-electron chi connectivity index (χ1n) is 6.13. The highest BCUT2D eigenvalue weighted by Crippen LogP contribution is 2.06. The number of benzene rings is 1. The van der Waals surface area contributed by atoms with Gasteiger partial charge in [-0.3, -0.25) is 10.2 Å². The van der Waals surface area contributed by atoms with Gasteiger partial charge in [0.1, 0.15) is 11.4 Å². The third-order valence-electron chi connectivity index (χ3n) is 2.52. The summed E-state index contributed by atoms with van der Waals surface area (Å²) in [6, 6.07) is 5.84. The van der Waals surface area contributed by atoms with Gasteiger partial charge in [0.15, 0.2) is 5.71 Å². The van der Waals surface area contributed by atoms with Gasteiger partial charge < -0.3 is 15.2 Å². The third-order valence-corrected chi connectivity index (χ3v) is 2.52. The number of ether oxygens (including phenoxy) is 1. The number of hydrogen-bond acceptors (Lipinski definition) is 5. The van der Waals surface area contributed by atoms with Crippen molar-refractivity contribution in [1.82, 2.24) is 5.32 Å². The van der Waals surface area contributed by atoms with E-state index in [1.54, 1.807) is 13.0 Å². The third kappa shape index (κ3) is 4.41. The monoisotopic (exact) mass is 294 g/mol. The molecule has 0 saturated carbocycles. The Balaban J connectivity index is 2.71. The first kappa shape index (κ1) is 16.4. The Morgan fingerprint density at radius 3 is 2.67 bits per heavy atom. The summed E-state index contributed by atoms with van der Waals surface area (Å²) in [4.78, 5) is 23.1. The zero-order valence-corrected chi connectivity index (χ0v) is 11.4. The van der Waals surface area contributed by atoms with E-state index in [4.69, 9.17) is 10.5 Å². The summed E-state index contributed by atoms with van der Waals surface area (Å²) in [5.41, 5.74) is -1.08. The normalized spacial score (nSPS) is 10.9. The van der Waals surface area contributed by atoms with Crippen molar-refractivity contribution in [2.75, 3.05) is 6.61 Å².